The van der Waals surface area contributed by atoms with Gasteiger partial charge in [-0.25, -0.2) is 13.1 Å². The van der Waals surface area contributed by atoms with Crippen molar-refractivity contribution in [3.05, 3.63) is 27.8 Å². The zero-order valence-electron chi connectivity index (χ0n) is 11.3. The first-order valence-electron chi connectivity index (χ1n) is 6.27. The quantitative estimate of drug-likeness (QED) is 0.497. The molecular weight excluding hydrogens is 282 g/mol. The lowest BCUT2D eigenvalue weighted by Gasteiger charge is -2.33. The van der Waals surface area contributed by atoms with Gasteiger partial charge in [-0.15, -0.1) is 0 Å². The van der Waals surface area contributed by atoms with Crippen LogP contribution in [0.1, 0.15) is 25.3 Å². The maximum absolute atomic E-state index is 12.3. The molecule has 0 aromatic heterocycles. The Kier molecular flexibility index (Phi) is 3.70. The molecule has 20 heavy (non-hydrogen) atoms. The van der Waals surface area contributed by atoms with Crippen molar-refractivity contribution in [1.82, 2.24) is 4.72 Å². The molecule has 3 N–H and O–H groups in total. The lowest BCUT2D eigenvalue weighted by Crippen LogP contribution is -2.43. The number of aryl methyl sites for hydroxylation is 1. The van der Waals surface area contributed by atoms with Gasteiger partial charge in [-0.05, 0) is 37.3 Å². The molecule has 0 bridgehead atoms. The number of anilines is 1. The van der Waals surface area contributed by atoms with E-state index in [0.717, 1.165) is 18.9 Å². The Labute approximate surface area is 117 Å². The Balaban J connectivity index is 2.35. The molecular formula is C12H17N3O4S. The van der Waals surface area contributed by atoms with E-state index in [1.54, 1.807) is 6.92 Å². The smallest absolute Gasteiger partial charge is 0.293 e. The van der Waals surface area contributed by atoms with Crippen molar-refractivity contribution in [3.63, 3.8) is 0 Å². The number of rotatable bonds is 4. The third-order valence-corrected chi connectivity index (χ3v) is 5.17. The molecule has 110 valence electrons. The van der Waals surface area contributed by atoms with Gasteiger partial charge < -0.3 is 5.73 Å². The van der Waals surface area contributed by atoms with E-state index in [1.807, 2.05) is 6.92 Å². The number of nitro groups is 1. The minimum absolute atomic E-state index is 0.0382. The first kappa shape index (κ1) is 14.7. The van der Waals surface area contributed by atoms with Gasteiger partial charge >= 0.3 is 0 Å². The van der Waals surface area contributed by atoms with Crippen LogP contribution < -0.4 is 10.5 Å². The van der Waals surface area contributed by atoms with Crippen LogP contribution in [0.2, 0.25) is 0 Å². The van der Waals surface area contributed by atoms with Crippen LogP contribution in [0.3, 0.4) is 0 Å². The van der Waals surface area contributed by atoms with Crippen LogP contribution in [0.5, 0.6) is 0 Å². The van der Waals surface area contributed by atoms with E-state index < -0.39 is 20.6 Å². The third-order valence-electron chi connectivity index (χ3n) is 3.51. The summed E-state index contributed by atoms with van der Waals surface area (Å²) in [7, 11) is -3.76. The fraction of sp³-hybridized carbons (Fsp3) is 0.500. The fourth-order valence-electron chi connectivity index (χ4n) is 2.43. The number of nitrogens with zero attached hydrogens (tertiary/aromatic N) is 1. The zero-order valence-corrected chi connectivity index (χ0v) is 12.1. The summed E-state index contributed by atoms with van der Waals surface area (Å²) in [5, 5.41) is 10.9. The Hall–Kier alpha value is -1.67. The summed E-state index contributed by atoms with van der Waals surface area (Å²) in [4.78, 5) is 10.1. The van der Waals surface area contributed by atoms with E-state index in [0.29, 0.717) is 11.5 Å². The predicted molar refractivity (Wildman–Crippen MR) is 74.8 cm³/mol. The highest BCUT2D eigenvalue weighted by Crippen LogP contribution is 2.31. The molecule has 0 amide bonds. The van der Waals surface area contributed by atoms with Gasteiger partial charge in [-0.2, -0.15) is 0 Å². The molecule has 1 aliphatic carbocycles. The summed E-state index contributed by atoms with van der Waals surface area (Å²) < 4.78 is 27.1. The SMILES string of the molecule is Cc1cc(N)c([N+](=O)[O-])cc1S(=O)(=O)NC1CC(C)C1. The Bertz CT molecular complexity index is 651. The summed E-state index contributed by atoms with van der Waals surface area (Å²) in [6.07, 6.45) is 1.57. The Morgan fingerprint density at radius 1 is 1.40 bits per heavy atom. The summed E-state index contributed by atoms with van der Waals surface area (Å²) >= 11 is 0. The summed E-state index contributed by atoms with van der Waals surface area (Å²) in [6.45, 7) is 3.61. The molecule has 1 aromatic carbocycles. The zero-order chi connectivity index (χ0) is 15.1. The molecule has 0 spiro atoms. The molecule has 0 heterocycles. The van der Waals surface area contributed by atoms with E-state index in [9.17, 15) is 18.5 Å². The molecule has 2 rings (SSSR count). The van der Waals surface area contributed by atoms with Crippen LogP contribution >= 0.6 is 0 Å². The highest BCUT2D eigenvalue weighted by Gasteiger charge is 2.31. The van der Waals surface area contributed by atoms with Gasteiger partial charge in [0.05, 0.1) is 9.82 Å². The van der Waals surface area contributed by atoms with Crippen molar-refractivity contribution < 1.29 is 13.3 Å². The van der Waals surface area contributed by atoms with E-state index >= 15 is 0 Å². The molecule has 0 atom stereocenters. The number of hydrogen-bond acceptors (Lipinski definition) is 5. The number of sulfonamides is 1. The molecule has 1 aromatic rings. The van der Waals surface area contributed by atoms with Crippen LogP contribution in [0, 0.1) is 23.0 Å². The van der Waals surface area contributed by atoms with Gasteiger partial charge in [-0.3, -0.25) is 10.1 Å². The second-order valence-electron chi connectivity index (χ2n) is 5.33. The van der Waals surface area contributed by atoms with E-state index in [2.05, 4.69) is 4.72 Å². The number of benzene rings is 1. The first-order chi connectivity index (χ1) is 9.20. The standard InChI is InChI=1S/C12H17N3O4S/c1-7-3-9(4-7)14-20(18,19)12-6-11(15(16)17)10(13)5-8(12)2/h5-7,9,14H,3-4,13H2,1-2H3. The van der Waals surface area contributed by atoms with Gasteiger partial charge in [0.2, 0.25) is 10.0 Å². The van der Waals surface area contributed by atoms with E-state index in [1.165, 1.54) is 6.07 Å². The van der Waals surface area contributed by atoms with Gasteiger partial charge in [0.15, 0.2) is 0 Å². The predicted octanol–water partition coefficient (Wildman–Crippen LogP) is 1.56. The average molecular weight is 299 g/mol. The van der Waals surface area contributed by atoms with Crippen LogP contribution in [-0.4, -0.2) is 19.4 Å². The number of nitrogens with two attached hydrogens (primary N) is 1. The molecule has 1 fully saturated rings. The Morgan fingerprint density at radius 2 is 2.00 bits per heavy atom. The maximum atomic E-state index is 12.3. The maximum Gasteiger partial charge on any atom is 0.293 e. The highest BCUT2D eigenvalue weighted by molar-refractivity contribution is 7.89. The van der Waals surface area contributed by atoms with Gasteiger partial charge in [-0.1, -0.05) is 6.92 Å². The molecule has 8 heteroatoms. The molecule has 0 radical (unpaired) electrons. The lowest BCUT2D eigenvalue weighted by atomic mass is 9.83. The number of nitro benzene ring substituents is 1. The van der Waals surface area contributed by atoms with Crippen molar-refractivity contribution in [2.45, 2.75) is 37.6 Å². The number of nitrogens with one attached hydrogen (secondary N) is 1. The molecule has 1 saturated carbocycles. The normalized spacial score (nSPS) is 22.3. The van der Waals surface area contributed by atoms with Gasteiger partial charge in [0, 0.05) is 12.1 Å². The van der Waals surface area contributed by atoms with Crippen LogP contribution in [-0.2, 0) is 10.0 Å². The third kappa shape index (κ3) is 2.75. The second-order valence-corrected chi connectivity index (χ2v) is 7.01. The molecule has 0 saturated heterocycles. The van der Waals surface area contributed by atoms with Crippen molar-refractivity contribution in [2.24, 2.45) is 5.92 Å². The highest BCUT2D eigenvalue weighted by atomic mass is 32.2. The van der Waals surface area contributed by atoms with Crippen LogP contribution in [0.15, 0.2) is 17.0 Å². The van der Waals surface area contributed by atoms with Crippen molar-refractivity contribution in [3.8, 4) is 0 Å². The molecule has 1 aliphatic rings. The Morgan fingerprint density at radius 3 is 2.50 bits per heavy atom. The lowest BCUT2D eigenvalue weighted by molar-refractivity contribution is -0.384. The summed E-state index contributed by atoms with van der Waals surface area (Å²) in [6, 6.07) is 2.25. The van der Waals surface area contributed by atoms with Crippen LogP contribution in [0.4, 0.5) is 11.4 Å². The summed E-state index contributed by atoms with van der Waals surface area (Å²) in [5.74, 6) is 0.504. The summed E-state index contributed by atoms with van der Waals surface area (Å²) in [5.41, 5.74) is 5.50. The number of hydrogen-bond donors (Lipinski definition) is 2. The monoisotopic (exact) mass is 299 g/mol. The molecule has 0 unspecified atom stereocenters. The van der Waals surface area contributed by atoms with E-state index in [4.69, 9.17) is 5.73 Å². The molecule has 7 nitrogen and oxygen atoms in total. The minimum atomic E-state index is -3.76. The largest absolute Gasteiger partial charge is 0.393 e. The van der Waals surface area contributed by atoms with Gasteiger partial charge in [0.25, 0.3) is 5.69 Å². The number of nitrogen functional groups attached to an aromatic ring is 1. The minimum Gasteiger partial charge on any atom is -0.393 e. The second kappa shape index (κ2) is 5.02. The van der Waals surface area contributed by atoms with E-state index in [-0.39, 0.29) is 16.6 Å². The van der Waals surface area contributed by atoms with Crippen molar-refractivity contribution in [2.75, 3.05) is 5.73 Å². The first-order valence-corrected chi connectivity index (χ1v) is 7.76. The topological polar surface area (TPSA) is 115 Å². The van der Waals surface area contributed by atoms with Crippen LogP contribution in [0.25, 0.3) is 0 Å². The fourth-order valence-corrected chi connectivity index (χ4v) is 3.94. The van der Waals surface area contributed by atoms with Crippen molar-refractivity contribution in [1.29, 1.82) is 0 Å². The average Bonchev–Trinajstić information content (AvgIpc) is 2.25. The van der Waals surface area contributed by atoms with Crippen molar-refractivity contribution >= 4 is 21.4 Å². The van der Waals surface area contributed by atoms with Gasteiger partial charge in [0.1, 0.15) is 5.69 Å². The molecule has 0 aliphatic heterocycles.